The van der Waals surface area contributed by atoms with Gasteiger partial charge in [-0.15, -0.1) is 6.42 Å². The van der Waals surface area contributed by atoms with E-state index in [1.165, 1.54) is 0 Å². The van der Waals surface area contributed by atoms with Crippen molar-refractivity contribution in [1.82, 2.24) is 0 Å². The van der Waals surface area contributed by atoms with Crippen LogP contribution in [-0.4, -0.2) is 21.5 Å². The Morgan fingerprint density at radius 1 is 1.32 bits per heavy atom. The summed E-state index contributed by atoms with van der Waals surface area (Å²) in [5.74, 6) is 2.64. The number of terminal acetylenes is 1. The van der Waals surface area contributed by atoms with E-state index in [1.54, 1.807) is 0 Å². The van der Waals surface area contributed by atoms with Crippen molar-refractivity contribution in [3.8, 4) is 12.3 Å². The van der Waals surface area contributed by atoms with Crippen molar-refractivity contribution in [3.05, 3.63) is 29.8 Å². The smallest absolute Gasteiger partial charge is 0.192 e. The molecule has 0 aliphatic carbocycles. The number of benzene rings is 1. The van der Waals surface area contributed by atoms with Crippen molar-refractivity contribution in [2.45, 2.75) is 38.9 Å². The van der Waals surface area contributed by atoms with E-state index in [0.717, 1.165) is 24.4 Å². The molecule has 1 aromatic carbocycles. The Morgan fingerprint density at radius 3 is 2.58 bits per heavy atom. The highest BCUT2D eigenvalue weighted by atomic mass is 28.4. The van der Waals surface area contributed by atoms with Gasteiger partial charge in [0.25, 0.3) is 0 Å². The van der Waals surface area contributed by atoms with Crippen molar-refractivity contribution >= 4 is 14.0 Å². The predicted molar refractivity (Wildman–Crippen MR) is 86.0 cm³/mol. The fourth-order valence-electron chi connectivity index (χ4n) is 1.44. The highest BCUT2D eigenvalue weighted by Crippen LogP contribution is 2.36. The van der Waals surface area contributed by atoms with Gasteiger partial charge in [-0.25, -0.2) is 0 Å². The molecule has 0 heterocycles. The molecule has 0 amide bonds. The number of nitrogens with one attached hydrogen (secondary N) is 1. The summed E-state index contributed by atoms with van der Waals surface area (Å²) < 4.78 is 6.11. The molecule has 3 heteroatoms. The Labute approximate surface area is 118 Å². The Bertz CT molecular complexity index is 455. The Balaban J connectivity index is 2.41. The normalized spacial score (nSPS) is 12.0. The molecule has 1 aromatic rings. The Morgan fingerprint density at radius 2 is 2.00 bits per heavy atom. The molecule has 19 heavy (non-hydrogen) atoms. The van der Waals surface area contributed by atoms with Gasteiger partial charge < -0.3 is 9.74 Å². The first-order valence-electron chi connectivity index (χ1n) is 6.71. The third-order valence-electron chi connectivity index (χ3n) is 3.73. The zero-order valence-electron chi connectivity index (χ0n) is 12.7. The van der Waals surface area contributed by atoms with Crippen LogP contribution in [0.3, 0.4) is 0 Å². The minimum absolute atomic E-state index is 0.260. The van der Waals surface area contributed by atoms with Crippen molar-refractivity contribution in [2.24, 2.45) is 0 Å². The number of hydrogen-bond acceptors (Lipinski definition) is 2. The molecule has 0 saturated heterocycles. The molecule has 0 saturated carbocycles. The van der Waals surface area contributed by atoms with E-state index >= 15 is 0 Å². The minimum Gasteiger partial charge on any atom is -0.415 e. The third-order valence-corrected chi connectivity index (χ3v) is 8.27. The fraction of sp³-hybridized carbons (Fsp3) is 0.500. The molecule has 0 radical (unpaired) electrons. The van der Waals surface area contributed by atoms with Gasteiger partial charge in [0.1, 0.15) is 0 Å². The first kappa shape index (κ1) is 15.8. The summed E-state index contributed by atoms with van der Waals surface area (Å²) in [6.45, 7) is 12.8. The molecular formula is C16H25NOSi. The molecule has 0 atom stereocenters. The van der Waals surface area contributed by atoms with Crippen LogP contribution in [0.25, 0.3) is 0 Å². The Kier molecular flexibility index (Phi) is 5.22. The van der Waals surface area contributed by atoms with Gasteiger partial charge >= 0.3 is 0 Å². The summed E-state index contributed by atoms with van der Waals surface area (Å²) in [5, 5.41) is 3.61. The number of anilines is 1. The van der Waals surface area contributed by atoms with Gasteiger partial charge in [-0.2, -0.15) is 0 Å². The second-order valence-corrected chi connectivity index (χ2v) is 11.1. The second-order valence-electron chi connectivity index (χ2n) is 6.26. The van der Waals surface area contributed by atoms with Crippen LogP contribution in [0, 0.1) is 12.3 Å². The van der Waals surface area contributed by atoms with Crippen LogP contribution < -0.4 is 5.32 Å². The topological polar surface area (TPSA) is 21.3 Å². The average molecular weight is 275 g/mol. The molecule has 104 valence electrons. The van der Waals surface area contributed by atoms with Gasteiger partial charge in [0.05, 0.1) is 6.61 Å². The molecule has 1 N–H and O–H groups in total. The highest BCUT2D eigenvalue weighted by molar-refractivity contribution is 6.74. The largest absolute Gasteiger partial charge is 0.415 e. The van der Waals surface area contributed by atoms with Gasteiger partial charge in [-0.05, 0) is 36.3 Å². The van der Waals surface area contributed by atoms with E-state index in [1.807, 2.05) is 24.3 Å². The molecule has 0 aliphatic rings. The maximum absolute atomic E-state index is 6.11. The quantitative estimate of drug-likeness (QED) is 0.496. The van der Waals surface area contributed by atoms with E-state index in [-0.39, 0.29) is 5.04 Å². The number of hydrogen-bond donors (Lipinski definition) is 1. The molecule has 2 nitrogen and oxygen atoms in total. The summed E-state index contributed by atoms with van der Waals surface area (Å²) in [7, 11) is -1.63. The van der Waals surface area contributed by atoms with Crippen LogP contribution in [0.2, 0.25) is 18.1 Å². The van der Waals surface area contributed by atoms with Crippen molar-refractivity contribution in [2.75, 3.05) is 18.5 Å². The highest BCUT2D eigenvalue weighted by Gasteiger charge is 2.36. The third kappa shape index (κ3) is 4.74. The zero-order chi connectivity index (χ0) is 14.5. The molecule has 0 bridgehead atoms. The van der Waals surface area contributed by atoms with E-state index in [4.69, 9.17) is 10.8 Å². The monoisotopic (exact) mass is 275 g/mol. The SMILES string of the molecule is C#Cc1cccc(NCCO[Si](C)(C)C(C)(C)C)c1. The molecule has 0 spiro atoms. The minimum atomic E-state index is -1.63. The fourth-order valence-corrected chi connectivity index (χ4v) is 2.48. The second kappa shape index (κ2) is 6.27. The first-order chi connectivity index (χ1) is 8.76. The van der Waals surface area contributed by atoms with E-state index in [2.05, 4.69) is 45.1 Å². The molecule has 0 aliphatic heterocycles. The van der Waals surface area contributed by atoms with Gasteiger partial charge in [0, 0.05) is 17.8 Å². The zero-order valence-corrected chi connectivity index (χ0v) is 13.7. The van der Waals surface area contributed by atoms with Crippen LogP contribution in [0.4, 0.5) is 5.69 Å². The van der Waals surface area contributed by atoms with Crippen LogP contribution in [-0.2, 0) is 4.43 Å². The van der Waals surface area contributed by atoms with Crippen molar-refractivity contribution < 1.29 is 4.43 Å². The summed E-state index contributed by atoms with van der Waals surface area (Å²) in [6, 6.07) is 7.89. The summed E-state index contributed by atoms with van der Waals surface area (Å²) in [6.07, 6.45) is 5.38. The lowest BCUT2D eigenvalue weighted by atomic mass is 10.2. The van der Waals surface area contributed by atoms with Crippen LogP contribution in [0.5, 0.6) is 0 Å². The summed E-state index contributed by atoms with van der Waals surface area (Å²) in [4.78, 5) is 0. The standard InChI is InChI=1S/C16H25NOSi/c1-7-14-9-8-10-15(13-14)17-11-12-18-19(5,6)16(2,3)4/h1,8-10,13,17H,11-12H2,2-6H3. The Hall–Kier alpha value is -1.24. The maximum atomic E-state index is 6.11. The lowest BCUT2D eigenvalue weighted by molar-refractivity contribution is 0.301. The van der Waals surface area contributed by atoms with Gasteiger partial charge in [-0.1, -0.05) is 32.8 Å². The van der Waals surface area contributed by atoms with Gasteiger partial charge in [0.2, 0.25) is 0 Å². The van der Waals surface area contributed by atoms with Gasteiger partial charge in [-0.3, -0.25) is 0 Å². The van der Waals surface area contributed by atoms with Crippen LogP contribution in [0.15, 0.2) is 24.3 Å². The van der Waals surface area contributed by atoms with E-state index in [9.17, 15) is 0 Å². The summed E-state index contributed by atoms with van der Waals surface area (Å²) >= 11 is 0. The van der Waals surface area contributed by atoms with E-state index in [0.29, 0.717) is 0 Å². The van der Waals surface area contributed by atoms with Crippen LogP contribution in [0.1, 0.15) is 26.3 Å². The molecule has 1 rings (SSSR count). The summed E-state index contributed by atoms with van der Waals surface area (Å²) in [5.41, 5.74) is 1.95. The predicted octanol–water partition coefficient (Wildman–Crippen LogP) is 4.10. The molecule has 0 fully saturated rings. The van der Waals surface area contributed by atoms with E-state index < -0.39 is 8.32 Å². The van der Waals surface area contributed by atoms with Crippen LogP contribution >= 0.6 is 0 Å². The molecular weight excluding hydrogens is 250 g/mol. The van der Waals surface area contributed by atoms with Crippen molar-refractivity contribution in [1.29, 1.82) is 0 Å². The van der Waals surface area contributed by atoms with Crippen molar-refractivity contribution in [3.63, 3.8) is 0 Å². The van der Waals surface area contributed by atoms with Gasteiger partial charge in [0.15, 0.2) is 8.32 Å². The number of rotatable bonds is 5. The lowest BCUT2D eigenvalue weighted by Crippen LogP contribution is -2.41. The lowest BCUT2D eigenvalue weighted by Gasteiger charge is -2.36. The molecule has 0 unspecified atom stereocenters. The first-order valence-corrected chi connectivity index (χ1v) is 9.61. The maximum Gasteiger partial charge on any atom is 0.192 e. The average Bonchev–Trinajstić information content (AvgIpc) is 2.33. The molecule has 0 aromatic heterocycles.